The van der Waals surface area contributed by atoms with Gasteiger partial charge in [-0.05, 0) is 6.26 Å². The topological polar surface area (TPSA) is 43.9 Å². The Bertz CT molecular complexity index is 530. The number of hydrogen-bond donors (Lipinski definition) is 1. The Labute approximate surface area is 111 Å². The molecule has 16 heavy (non-hydrogen) atoms. The maximum absolute atomic E-state index is 11.6. The van der Waals surface area contributed by atoms with Crippen LogP contribution in [0, 0.1) is 10.3 Å². The van der Waals surface area contributed by atoms with E-state index in [1.54, 1.807) is 6.26 Å². The van der Waals surface area contributed by atoms with Gasteiger partial charge in [-0.15, -0.1) is 11.8 Å². The van der Waals surface area contributed by atoms with Crippen LogP contribution in [0.4, 0.5) is 5.69 Å². The third-order valence-corrected chi connectivity index (χ3v) is 4.57. The lowest BCUT2D eigenvalue weighted by Gasteiger charge is -2.06. The Hall–Kier alpha value is -0.290. The zero-order chi connectivity index (χ0) is 12.0. The van der Waals surface area contributed by atoms with Crippen LogP contribution in [0.2, 0.25) is 15.1 Å². The van der Waals surface area contributed by atoms with E-state index in [2.05, 4.69) is 0 Å². The van der Waals surface area contributed by atoms with Gasteiger partial charge >= 0.3 is 0 Å². The average Bonchev–Trinajstić information content (AvgIpc) is 2.52. The van der Waals surface area contributed by atoms with Crippen LogP contribution in [-0.2, 0) is 0 Å². The predicted octanol–water partition coefficient (Wildman–Crippen LogP) is 4.16. The molecule has 7 heteroatoms. The van der Waals surface area contributed by atoms with Crippen molar-refractivity contribution < 1.29 is 4.76 Å². The number of nitrogens with zero attached hydrogens (tertiary/aromatic N) is 1. The largest absolute Gasteiger partial charge is 0.298 e. The molecule has 0 fully saturated rings. The SMILES string of the molecule is CSc1c(Cl)c(Cl)c2c(c1Cl)[N+](=O)CC2=N. The van der Waals surface area contributed by atoms with Gasteiger partial charge in [0.15, 0.2) is 0 Å². The summed E-state index contributed by atoms with van der Waals surface area (Å²) in [4.78, 5) is 12.2. The molecule has 0 spiro atoms. The summed E-state index contributed by atoms with van der Waals surface area (Å²) < 4.78 is 0.669. The lowest BCUT2D eigenvalue weighted by molar-refractivity contribution is -0.440. The van der Waals surface area contributed by atoms with E-state index in [4.69, 9.17) is 40.2 Å². The van der Waals surface area contributed by atoms with Crippen LogP contribution in [0.1, 0.15) is 5.56 Å². The first-order valence-electron chi connectivity index (χ1n) is 4.26. The predicted molar refractivity (Wildman–Crippen MR) is 68.2 cm³/mol. The van der Waals surface area contributed by atoms with Gasteiger partial charge in [0.1, 0.15) is 10.7 Å². The summed E-state index contributed by atoms with van der Waals surface area (Å²) >= 11 is 19.5. The number of hydrogen-bond acceptors (Lipinski definition) is 3. The molecule has 0 unspecified atom stereocenters. The summed E-state index contributed by atoms with van der Waals surface area (Å²) in [5.41, 5.74) is 0.751. The van der Waals surface area contributed by atoms with Gasteiger partial charge in [-0.3, -0.25) is 5.41 Å². The van der Waals surface area contributed by atoms with Crippen LogP contribution in [0.5, 0.6) is 0 Å². The normalized spacial score (nSPS) is 14.5. The molecule has 2 rings (SSSR count). The lowest BCUT2D eigenvalue weighted by atomic mass is 10.1. The van der Waals surface area contributed by atoms with E-state index in [-0.39, 0.29) is 28.0 Å². The first kappa shape index (κ1) is 12.2. The Kier molecular flexibility index (Phi) is 3.18. The smallest absolute Gasteiger partial charge is 0.286 e. The molecule has 0 radical (unpaired) electrons. The quantitative estimate of drug-likeness (QED) is 0.480. The van der Waals surface area contributed by atoms with Gasteiger partial charge in [-0.25, -0.2) is 0 Å². The summed E-state index contributed by atoms with van der Waals surface area (Å²) in [5.74, 6) is 0. The molecule has 1 N–H and O–H groups in total. The minimum absolute atomic E-state index is 0.0388. The minimum atomic E-state index is -0.0388. The van der Waals surface area contributed by atoms with E-state index >= 15 is 0 Å². The highest BCUT2D eigenvalue weighted by atomic mass is 35.5. The average molecular weight is 297 g/mol. The van der Waals surface area contributed by atoms with Crippen molar-refractivity contribution in [3.05, 3.63) is 25.5 Å². The van der Waals surface area contributed by atoms with Gasteiger partial charge in [0, 0.05) is 9.67 Å². The molecular formula is C9H6Cl3N2OS+. The van der Waals surface area contributed by atoms with Gasteiger partial charge < -0.3 is 0 Å². The Balaban J connectivity index is 2.88. The molecular weight excluding hydrogens is 291 g/mol. The number of rotatable bonds is 1. The monoisotopic (exact) mass is 295 g/mol. The zero-order valence-corrected chi connectivity index (χ0v) is 11.2. The number of fused-ring (bicyclic) bond motifs is 1. The maximum atomic E-state index is 11.6. The van der Waals surface area contributed by atoms with E-state index in [0.717, 1.165) is 0 Å². The van der Waals surface area contributed by atoms with Crippen LogP contribution >= 0.6 is 46.6 Å². The van der Waals surface area contributed by atoms with E-state index in [1.807, 2.05) is 0 Å². The molecule has 3 nitrogen and oxygen atoms in total. The second-order valence-corrected chi connectivity index (χ2v) is 5.16. The van der Waals surface area contributed by atoms with Gasteiger partial charge in [0.2, 0.25) is 6.54 Å². The van der Waals surface area contributed by atoms with Gasteiger partial charge in [-0.2, -0.15) is 0 Å². The molecule has 0 aliphatic carbocycles. The standard InChI is InChI=1S/C9H6Cl3N2OS/c1-16-9-6(11)5(10)4-3(13)2-14(15)8(4)7(9)12/h13H,2H2,1H3/q+1. The number of nitrogens with one attached hydrogen (secondary N) is 1. The van der Waals surface area contributed by atoms with Gasteiger partial charge in [-0.1, -0.05) is 34.8 Å². The van der Waals surface area contributed by atoms with Crippen molar-refractivity contribution in [3.63, 3.8) is 0 Å². The molecule has 0 atom stereocenters. The van der Waals surface area contributed by atoms with Crippen molar-refractivity contribution in [3.8, 4) is 0 Å². The number of halogens is 3. The second kappa shape index (κ2) is 4.18. The molecule has 1 aromatic rings. The lowest BCUT2D eigenvalue weighted by Crippen LogP contribution is -2.02. The molecule has 0 amide bonds. The van der Waals surface area contributed by atoms with Gasteiger partial charge in [0.05, 0.1) is 20.5 Å². The molecule has 1 aliphatic heterocycles. The molecule has 84 valence electrons. The van der Waals surface area contributed by atoms with Gasteiger partial charge in [0.25, 0.3) is 5.69 Å². The van der Waals surface area contributed by atoms with Crippen LogP contribution in [0.3, 0.4) is 0 Å². The maximum Gasteiger partial charge on any atom is 0.286 e. The summed E-state index contributed by atoms with van der Waals surface area (Å²) in [6.45, 7) is -0.0388. The van der Waals surface area contributed by atoms with E-state index in [1.165, 1.54) is 11.8 Å². The van der Waals surface area contributed by atoms with E-state index in [9.17, 15) is 4.91 Å². The van der Waals surface area contributed by atoms with Crippen molar-refractivity contribution in [2.24, 2.45) is 0 Å². The zero-order valence-electron chi connectivity index (χ0n) is 8.10. The summed E-state index contributed by atoms with van der Waals surface area (Å²) in [5, 5.41) is 8.48. The Morgan fingerprint density at radius 3 is 2.44 bits per heavy atom. The highest BCUT2D eigenvalue weighted by Gasteiger charge is 2.40. The molecule has 0 saturated heterocycles. The Morgan fingerprint density at radius 1 is 1.25 bits per heavy atom. The fraction of sp³-hybridized carbons (Fsp3) is 0.222. The fourth-order valence-electron chi connectivity index (χ4n) is 1.62. The van der Waals surface area contributed by atoms with Crippen molar-refractivity contribution in [2.75, 3.05) is 12.8 Å². The highest BCUT2D eigenvalue weighted by Crippen LogP contribution is 2.48. The van der Waals surface area contributed by atoms with E-state index in [0.29, 0.717) is 20.2 Å². The highest BCUT2D eigenvalue weighted by molar-refractivity contribution is 7.98. The molecule has 1 heterocycles. The second-order valence-electron chi connectivity index (χ2n) is 3.21. The van der Waals surface area contributed by atoms with Crippen molar-refractivity contribution in [1.29, 1.82) is 5.41 Å². The van der Waals surface area contributed by atoms with Crippen LogP contribution in [0.25, 0.3) is 0 Å². The van der Waals surface area contributed by atoms with E-state index < -0.39 is 0 Å². The minimum Gasteiger partial charge on any atom is -0.298 e. The fourth-order valence-corrected chi connectivity index (χ4v) is 3.51. The number of benzene rings is 1. The third kappa shape index (κ3) is 1.56. The first-order valence-corrected chi connectivity index (χ1v) is 6.61. The molecule has 0 bridgehead atoms. The Morgan fingerprint density at radius 2 is 1.88 bits per heavy atom. The van der Waals surface area contributed by atoms with Crippen molar-refractivity contribution in [2.45, 2.75) is 4.90 Å². The molecule has 1 aliphatic rings. The van der Waals surface area contributed by atoms with Crippen LogP contribution in [-0.4, -0.2) is 23.3 Å². The summed E-state index contributed by atoms with van der Waals surface area (Å²) in [7, 11) is 0. The molecule has 1 aromatic carbocycles. The number of thioether (sulfide) groups is 1. The molecule has 0 aromatic heterocycles. The van der Waals surface area contributed by atoms with Crippen LogP contribution < -0.4 is 0 Å². The summed E-state index contributed by atoms with van der Waals surface area (Å²) in [6.07, 6.45) is 1.80. The molecule has 0 saturated carbocycles. The van der Waals surface area contributed by atoms with Crippen molar-refractivity contribution in [1.82, 2.24) is 0 Å². The first-order chi connectivity index (χ1) is 7.49. The number of nitroso groups, excluding NO2 is 1. The third-order valence-electron chi connectivity index (χ3n) is 2.31. The van der Waals surface area contributed by atoms with Crippen LogP contribution in [0.15, 0.2) is 4.90 Å². The summed E-state index contributed by atoms with van der Waals surface area (Å²) in [6, 6.07) is 0. The van der Waals surface area contributed by atoms with Crippen molar-refractivity contribution >= 4 is 58.0 Å².